The van der Waals surface area contributed by atoms with Crippen LogP contribution in [-0.4, -0.2) is 27.5 Å². The molecule has 0 bridgehead atoms. The van der Waals surface area contributed by atoms with Gasteiger partial charge in [0.1, 0.15) is 0 Å². The van der Waals surface area contributed by atoms with E-state index in [9.17, 15) is 5.11 Å². The third-order valence-corrected chi connectivity index (χ3v) is 3.22. The molecule has 0 fully saturated rings. The second kappa shape index (κ2) is 4.77. The van der Waals surface area contributed by atoms with Gasteiger partial charge in [-0.25, -0.2) is 0 Å². The van der Waals surface area contributed by atoms with Gasteiger partial charge in [-0.1, -0.05) is 6.92 Å². The quantitative estimate of drug-likeness (QED) is 0.753. The Bertz CT molecular complexity index is 309. The highest BCUT2D eigenvalue weighted by Gasteiger charge is 2.27. The minimum Gasteiger partial charge on any atom is -0.393 e. The van der Waals surface area contributed by atoms with E-state index in [1.54, 1.807) is 11.6 Å². The molecule has 0 spiro atoms. The first kappa shape index (κ1) is 12.2. The van der Waals surface area contributed by atoms with E-state index in [2.05, 4.69) is 5.10 Å². The highest BCUT2D eigenvalue weighted by Crippen LogP contribution is 2.26. The van der Waals surface area contributed by atoms with E-state index in [0.29, 0.717) is 6.54 Å². The Morgan fingerprint density at radius 3 is 2.73 bits per heavy atom. The van der Waals surface area contributed by atoms with Crippen molar-refractivity contribution in [2.75, 3.05) is 6.54 Å². The predicted molar refractivity (Wildman–Crippen MR) is 60.4 cm³/mol. The molecule has 86 valence electrons. The Morgan fingerprint density at radius 2 is 2.33 bits per heavy atom. The molecule has 15 heavy (non-hydrogen) atoms. The first-order valence-corrected chi connectivity index (χ1v) is 5.33. The normalized spacial score (nSPS) is 17.4. The van der Waals surface area contributed by atoms with E-state index in [4.69, 9.17) is 5.73 Å². The third-order valence-electron chi connectivity index (χ3n) is 3.22. The maximum Gasteiger partial charge on any atom is 0.0577 e. The molecule has 4 heteroatoms. The lowest BCUT2D eigenvalue weighted by atomic mass is 9.80. The van der Waals surface area contributed by atoms with Gasteiger partial charge in [0.25, 0.3) is 0 Å². The Balaban J connectivity index is 2.55. The number of nitrogens with zero attached hydrogens (tertiary/aromatic N) is 2. The van der Waals surface area contributed by atoms with Gasteiger partial charge < -0.3 is 10.8 Å². The topological polar surface area (TPSA) is 64.1 Å². The molecule has 1 aromatic heterocycles. The van der Waals surface area contributed by atoms with Crippen LogP contribution in [0.5, 0.6) is 0 Å². The molecule has 0 saturated carbocycles. The van der Waals surface area contributed by atoms with Crippen LogP contribution in [0.4, 0.5) is 0 Å². The minimum absolute atomic E-state index is 0.199. The van der Waals surface area contributed by atoms with Gasteiger partial charge in [0, 0.05) is 25.2 Å². The van der Waals surface area contributed by atoms with Gasteiger partial charge in [0.2, 0.25) is 0 Å². The van der Waals surface area contributed by atoms with Gasteiger partial charge in [-0.05, 0) is 25.3 Å². The van der Waals surface area contributed by atoms with E-state index in [1.165, 1.54) is 5.56 Å². The first-order valence-electron chi connectivity index (χ1n) is 5.33. The molecule has 0 amide bonds. The zero-order valence-electron chi connectivity index (χ0n) is 9.77. The fourth-order valence-corrected chi connectivity index (χ4v) is 1.51. The highest BCUT2D eigenvalue weighted by molar-refractivity contribution is 5.04. The van der Waals surface area contributed by atoms with Gasteiger partial charge in [-0.15, -0.1) is 0 Å². The van der Waals surface area contributed by atoms with Crippen molar-refractivity contribution in [3.8, 4) is 0 Å². The molecule has 1 heterocycles. The average molecular weight is 211 g/mol. The lowest BCUT2D eigenvalue weighted by Gasteiger charge is -2.31. The number of hydrogen-bond donors (Lipinski definition) is 2. The molecule has 0 radical (unpaired) electrons. The molecule has 1 rings (SSSR count). The third kappa shape index (κ3) is 3.04. The number of aryl methyl sites for hydroxylation is 2. The van der Waals surface area contributed by atoms with Crippen molar-refractivity contribution < 1.29 is 5.11 Å². The molecule has 1 aromatic rings. The number of nitrogens with two attached hydrogens (primary N) is 1. The highest BCUT2D eigenvalue weighted by atomic mass is 16.3. The number of aliphatic hydroxyl groups is 1. The summed E-state index contributed by atoms with van der Waals surface area (Å²) in [6.45, 7) is 4.33. The van der Waals surface area contributed by atoms with Crippen molar-refractivity contribution in [1.82, 2.24) is 9.78 Å². The number of hydrogen-bond acceptors (Lipinski definition) is 3. The fourth-order valence-electron chi connectivity index (χ4n) is 1.51. The maximum absolute atomic E-state index is 9.65. The van der Waals surface area contributed by atoms with E-state index < -0.39 is 0 Å². The Morgan fingerprint density at radius 1 is 1.67 bits per heavy atom. The standard InChI is InChI=1S/C11H21N3O/c1-9(15)11(2,8-12)5-4-10-6-13-14(3)7-10/h6-7,9,15H,4-5,8,12H2,1-3H3. The van der Waals surface area contributed by atoms with Crippen LogP contribution in [0, 0.1) is 5.41 Å². The van der Waals surface area contributed by atoms with Gasteiger partial charge in [0.15, 0.2) is 0 Å². The van der Waals surface area contributed by atoms with E-state index in [-0.39, 0.29) is 11.5 Å². The summed E-state index contributed by atoms with van der Waals surface area (Å²) in [7, 11) is 1.90. The first-order chi connectivity index (χ1) is 6.98. The van der Waals surface area contributed by atoms with Crippen molar-refractivity contribution in [2.24, 2.45) is 18.2 Å². The van der Waals surface area contributed by atoms with Crippen LogP contribution in [-0.2, 0) is 13.5 Å². The second-order valence-corrected chi connectivity index (χ2v) is 4.56. The molecule has 0 saturated heterocycles. The fraction of sp³-hybridized carbons (Fsp3) is 0.727. The van der Waals surface area contributed by atoms with E-state index in [1.807, 2.05) is 26.4 Å². The van der Waals surface area contributed by atoms with Gasteiger partial charge in [0.05, 0.1) is 12.3 Å². The van der Waals surface area contributed by atoms with Crippen molar-refractivity contribution in [2.45, 2.75) is 32.8 Å². The molecule has 0 aliphatic heterocycles. The summed E-state index contributed by atoms with van der Waals surface area (Å²) in [4.78, 5) is 0. The van der Waals surface area contributed by atoms with Crippen molar-refractivity contribution in [1.29, 1.82) is 0 Å². The number of rotatable bonds is 5. The van der Waals surface area contributed by atoms with Gasteiger partial charge in [-0.3, -0.25) is 4.68 Å². The average Bonchev–Trinajstić information content (AvgIpc) is 2.60. The Kier molecular flexibility index (Phi) is 3.88. The molecular formula is C11H21N3O. The molecule has 0 aliphatic rings. The van der Waals surface area contributed by atoms with E-state index >= 15 is 0 Å². The molecule has 3 N–H and O–H groups in total. The number of aromatic nitrogens is 2. The zero-order valence-corrected chi connectivity index (χ0v) is 9.77. The molecule has 2 unspecified atom stereocenters. The second-order valence-electron chi connectivity index (χ2n) is 4.56. The van der Waals surface area contributed by atoms with Gasteiger partial charge in [-0.2, -0.15) is 5.10 Å². The predicted octanol–water partition coefficient (Wildman–Crippen LogP) is 0.698. The summed E-state index contributed by atoms with van der Waals surface area (Å²) in [5.74, 6) is 0. The van der Waals surface area contributed by atoms with Crippen LogP contribution < -0.4 is 5.73 Å². The summed E-state index contributed by atoms with van der Waals surface area (Å²) in [5.41, 5.74) is 6.69. The smallest absolute Gasteiger partial charge is 0.0577 e. The largest absolute Gasteiger partial charge is 0.393 e. The lowest BCUT2D eigenvalue weighted by Crippen LogP contribution is -2.37. The molecule has 4 nitrogen and oxygen atoms in total. The molecule has 2 atom stereocenters. The molecular weight excluding hydrogens is 190 g/mol. The van der Waals surface area contributed by atoms with Crippen molar-refractivity contribution >= 4 is 0 Å². The molecule has 0 aliphatic carbocycles. The van der Waals surface area contributed by atoms with Crippen LogP contribution in [0.3, 0.4) is 0 Å². The summed E-state index contributed by atoms with van der Waals surface area (Å²) < 4.78 is 1.79. The summed E-state index contributed by atoms with van der Waals surface area (Å²) in [6, 6.07) is 0. The SMILES string of the molecule is CC(O)C(C)(CN)CCc1cnn(C)c1. The van der Waals surface area contributed by atoms with Crippen LogP contribution in [0.15, 0.2) is 12.4 Å². The Labute approximate surface area is 91.1 Å². The minimum atomic E-state index is -0.376. The molecule has 0 aromatic carbocycles. The summed E-state index contributed by atoms with van der Waals surface area (Å²) >= 11 is 0. The van der Waals surface area contributed by atoms with Crippen LogP contribution in [0.1, 0.15) is 25.8 Å². The summed E-state index contributed by atoms with van der Waals surface area (Å²) in [6.07, 6.45) is 5.27. The van der Waals surface area contributed by atoms with Crippen LogP contribution in [0.2, 0.25) is 0 Å². The monoisotopic (exact) mass is 211 g/mol. The summed E-state index contributed by atoms with van der Waals surface area (Å²) in [5, 5.41) is 13.8. The number of aliphatic hydroxyl groups excluding tert-OH is 1. The maximum atomic E-state index is 9.65. The Hall–Kier alpha value is -0.870. The van der Waals surface area contributed by atoms with Crippen molar-refractivity contribution in [3.63, 3.8) is 0 Å². The van der Waals surface area contributed by atoms with E-state index in [0.717, 1.165) is 12.8 Å². The van der Waals surface area contributed by atoms with Gasteiger partial charge >= 0.3 is 0 Å². The van der Waals surface area contributed by atoms with Crippen LogP contribution in [0.25, 0.3) is 0 Å². The van der Waals surface area contributed by atoms with Crippen molar-refractivity contribution in [3.05, 3.63) is 18.0 Å². The van der Waals surface area contributed by atoms with Crippen LogP contribution >= 0.6 is 0 Å². The lowest BCUT2D eigenvalue weighted by molar-refractivity contribution is 0.0523. The zero-order chi connectivity index (χ0) is 11.5.